The minimum absolute atomic E-state index is 0.0260. The van der Waals surface area contributed by atoms with Crippen molar-refractivity contribution in [3.63, 3.8) is 0 Å². The van der Waals surface area contributed by atoms with Crippen molar-refractivity contribution in [2.24, 2.45) is 4.99 Å². The molecule has 0 aliphatic heterocycles. The number of esters is 1. The smallest absolute Gasteiger partial charge is 0.309 e. The molecule has 2 aromatic rings. The van der Waals surface area contributed by atoms with Crippen LogP contribution in [-0.4, -0.2) is 22.2 Å². The van der Waals surface area contributed by atoms with Crippen LogP contribution in [-0.2, 0) is 11.2 Å². The van der Waals surface area contributed by atoms with Crippen LogP contribution in [0, 0.1) is 0 Å². The van der Waals surface area contributed by atoms with Crippen molar-refractivity contribution in [1.82, 2.24) is 4.57 Å². The molecule has 7 heteroatoms. The van der Waals surface area contributed by atoms with Gasteiger partial charge in [-0.25, -0.2) is 9.56 Å². The van der Waals surface area contributed by atoms with Crippen LogP contribution in [0.2, 0.25) is 0 Å². The number of hydrogen-bond donors (Lipinski definition) is 0. The summed E-state index contributed by atoms with van der Waals surface area (Å²) in [5, 5.41) is 0. The summed E-state index contributed by atoms with van der Waals surface area (Å²) in [5.41, 5.74) is 1.20. The van der Waals surface area contributed by atoms with E-state index in [2.05, 4.69) is 4.99 Å². The van der Waals surface area contributed by atoms with Gasteiger partial charge in [0.1, 0.15) is 0 Å². The van der Waals surface area contributed by atoms with Crippen LogP contribution >= 0.6 is 11.3 Å². The zero-order valence-corrected chi connectivity index (χ0v) is 14.8. The first-order valence-corrected chi connectivity index (χ1v) is 8.25. The summed E-state index contributed by atoms with van der Waals surface area (Å²) in [5.74, 6) is -0.584. The monoisotopic (exact) mass is 346 g/mol. The Balaban J connectivity index is 2.60. The average molecular weight is 346 g/mol. The molecule has 1 aromatic heterocycles. The minimum atomic E-state index is -0.491. The maximum atomic E-state index is 12.0. The number of benzene rings is 1. The normalized spacial score (nSPS) is 11.4. The second kappa shape index (κ2) is 7.35. The van der Waals surface area contributed by atoms with Crippen molar-refractivity contribution in [1.29, 1.82) is 0 Å². The zero-order valence-electron chi connectivity index (χ0n) is 14.0. The number of carbonyl (C=O) groups excluding carboxylic acids is 3. The lowest BCUT2D eigenvalue weighted by Gasteiger charge is -2.05. The van der Waals surface area contributed by atoms with Crippen LogP contribution in [0.4, 0.5) is 5.69 Å². The predicted molar refractivity (Wildman–Crippen MR) is 91.0 cm³/mol. The number of thiazole rings is 1. The molecule has 0 N–H and O–H groups in total. The Labute approximate surface area is 143 Å². The highest BCUT2D eigenvalue weighted by molar-refractivity contribution is 7.09. The Morgan fingerprint density at radius 3 is 2.21 bits per heavy atom. The molecule has 0 atom stereocenters. The van der Waals surface area contributed by atoms with Gasteiger partial charge in [-0.15, -0.1) is 0 Å². The maximum absolute atomic E-state index is 12.0. The number of carbonyl (C=O) groups is 3. The molecule has 0 fully saturated rings. The third-order valence-corrected chi connectivity index (χ3v) is 4.39. The minimum Gasteiger partial charge on any atom is -0.408 e. The molecule has 0 saturated carbocycles. The summed E-state index contributed by atoms with van der Waals surface area (Å²) in [6, 6.07) is 6.78. The summed E-state index contributed by atoms with van der Waals surface area (Å²) in [4.78, 5) is 40.3. The highest BCUT2D eigenvalue weighted by Gasteiger charge is 2.18. The number of aromatic nitrogens is 1. The van der Waals surface area contributed by atoms with Crippen LogP contribution in [0.1, 0.15) is 47.7 Å². The van der Waals surface area contributed by atoms with Crippen molar-refractivity contribution in [2.45, 2.75) is 34.1 Å². The van der Waals surface area contributed by atoms with E-state index in [1.807, 2.05) is 6.92 Å². The van der Waals surface area contributed by atoms with E-state index >= 15 is 0 Å². The predicted octanol–water partition coefficient (Wildman–Crippen LogP) is 3.13. The molecular weight excluding hydrogens is 328 g/mol. The van der Waals surface area contributed by atoms with Gasteiger partial charge in [0, 0.05) is 19.4 Å². The number of hydrogen-bond acceptors (Lipinski definition) is 6. The van der Waals surface area contributed by atoms with Crippen LogP contribution in [0.5, 0.6) is 5.88 Å². The lowest BCUT2D eigenvalue weighted by molar-refractivity contribution is -0.132. The van der Waals surface area contributed by atoms with Gasteiger partial charge >= 0.3 is 5.97 Å². The van der Waals surface area contributed by atoms with Crippen LogP contribution in [0.25, 0.3) is 0 Å². The van der Waals surface area contributed by atoms with E-state index in [4.69, 9.17) is 4.74 Å². The molecule has 0 bridgehead atoms. The standard InChI is InChI=1S/C17H18N2O4S/c1-5-15-16(23-12(4)22)19(11(3)21)17(24-15)18-14-8-6-13(7-9-14)10(2)20/h6-9H,5H2,1-4H3. The fraction of sp³-hybridized carbons (Fsp3) is 0.294. The second-order valence-electron chi connectivity index (χ2n) is 5.13. The first kappa shape index (κ1) is 17.8. The molecule has 0 spiro atoms. The number of ether oxygens (including phenoxy) is 1. The Hall–Kier alpha value is -2.54. The van der Waals surface area contributed by atoms with Crippen molar-refractivity contribution in [3.8, 4) is 5.88 Å². The number of nitrogens with zero attached hydrogens (tertiary/aromatic N) is 2. The largest absolute Gasteiger partial charge is 0.408 e. The van der Waals surface area contributed by atoms with E-state index in [0.717, 1.165) is 4.88 Å². The van der Waals surface area contributed by atoms with E-state index in [1.54, 1.807) is 24.3 Å². The molecule has 6 nitrogen and oxygen atoms in total. The quantitative estimate of drug-likeness (QED) is 0.629. The molecule has 126 valence electrons. The molecule has 0 amide bonds. The van der Waals surface area contributed by atoms with Crippen molar-refractivity contribution in [3.05, 3.63) is 39.5 Å². The van der Waals surface area contributed by atoms with Crippen molar-refractivity contribution >= 4 is 34.7 Å². The molecular formula is C17H18N2O4S. The van der Waals surface area contributed by atoms with Gasteiger partial charge in [0.25, 0.3) is 0 Å². The highest BCUT2D eigenvalue weighted by atomic mass is 32.1. The van der Waals surface area contributed by atoms with E-state index in [1.165, 1.54) is 36.7 Å². The molecule has 0 aliphatic carbocycles. The first-order chi connectivity index (χ1) is 11.3. The van der Waals surface area contributed by atoms with Gasteiger partial charge in [-0.3, -0.25) is 14.4 Å². The SMILES string of the molecule is CCc1sc(=Nc2ccc(C(C)=O)cc2)n(C(C)=O)c1OC(C)=O. The fourth-order valence-corrected chi connectivity index (χ4v) is 3.14. The zero-order chi connectivity index (χ0) is 17.9. The molecule has 0 aliphatic rings. The highest BCUT2D eigenvalue weighted by Crippen LogP contribution is 2.23. The van der Waals surface area contributed by atoms with Crippen molar-refractivity contribution < 1.29 is 19.1 Å². The molecule has 0 saturated heterocycles. The lowest BCUT2D eigenvalue weighted by atomic mass is 10.1. The Kier molecular flexibility index (Phi) is 5.46. The summed E-state index contributed by atoms with van der Waals surface area (Å²) >= 11 is 1.29. The van der Waals surface area contributed by atoms with Crippen LogP contribution in [0.15, 0.2) is 29.3 Å². The van der Waals surface area contributed by atoms with Gasteiger partial charge in [-0.05, 0) is 37.6 Å². The molecule has 1 heterocycles. The third kappa shape index (κ3) is 3.86. The van der Waals surface area contributed by atoms with E-state index in [-0.39, 0.29) is 17.6 Å². The number of Topliss-reactive ketones (excluding diaryl/α,β-unsaturated/α-hetero) is 1. The molecule has 2 rings (SSSR count). The maximum Gasteiger partial charge on any atom is 0.309 e. The second-order valence-corrected chi connectivity index (χ2v) is 6.19. The van der Waals surface area contributed by atoms with E-state index < -0.39 is 5.97 Å². The van der Waals surface area contributed by atoms with E-state index in [0.29, 0.717) is 22.5 Å². The summed E-state index contributed by atoms with van der Waals surface area (Å²) < 4.78 is 6.50. The van der Waals surface area contributed by atoms with E-state index in [9.17, 15) is 14.4 Å². The number of ketones is 1. The topological polar surface area (TPSA) is 77.7 Å². The van der Waals surface area contributed by atoms with Gasteiger partial charge in [0.2, 0.25) is 11.8 Å². The number of aryl methyl sites for hydroxylation is 1. The van der Waals surface area contributed by atoms with Gasteiger partial charge in [0.05, 0.1) is 10.6 Å². The summed E-state index contributed by atoms with van der Waals surface area (Å²) in [6.45, 7) is 6.08. The van der Waals surface area contributed by atoms with Gasteiger partial charge in [-0.1, -0.05) is 18.3 Å². The Bertz CT molecular complexity index is 860. The third-order valence-electron chi connectivity index (χ3n) is 3.22. The molecule has 0 radical (unpaired) electrons. The molecule has 1 aromatic carbocycles. The van der Waals surface area contributed by atoms with Crippen molar-refractivity contribution in [2.75, 3.05) is 0 Å². The van der Waals surface area contributed by atoms with Crippen LogP contribution < -0.4 is 9.54 Å². The van der Waals surface area contributed by atoms with Gasteiger partial charge in [-0.2, -0.15) is 0 Å². The fourth-order valence-electron chi connectivity index (χ4n) is 2.10. The summed E-state index contributed by atoms with van der Waals surface area (Å²) in [7, 11) is 0. The lowest BCUT2D eigenvalue weighted by Crippen LogP contribution is -2.22. The molecule has 24 heavy (non-hydrogen) atoms. The van der Waals surface area contributed by atoms with Gasteiger partial charge in [0.15, 0.2) is 10.6 Å². The average Bonchev–Trinajstić information content (AvgIpc) is 2.84. The molecule has 0 unspecified atom stereocenters. The Morgan fingerprint density at radius 2 is 1.75 bits per heavy atom. The summed E-state index contributed by atoms with van der Waals surface area (Å²) in [6.07, 6.45) is 0.610. The Morgan fingerprint density at radius 1 is 1.12 bits per heavy atom. The van der Waals surface area contributed by atoms with Crippen LogP contribution in [0.3, 0.4) is 0 Å². The first-order valence-electron chi connectivity index (χ1n) is 7.43. The van der Waals surface area contributed by atoms with Gasteiger partial charge < -0.3 is 4.74 Å². The number of rotatable bonds is 4.